The predicted molar refractivity (Wildman–Crippen MR) is 115 cm³/mol. The Bertz CT molecular complexity index is 1020. The van der Waals surface area contributed by atoms with Gasteiger partial charge in [0, 0.05) is 55.3 Å². The number of hydrogen-bond donors (Lipinski definition) is 0. The first-order valence-electron chi connectivity index (χ1n) is 9.76. The molecule has 2 aromatic rings. The van der Waals surface area contributed by atoms with Gasteiger partial charge in [-0.25, -0.2) is 0 Å². The molecule has 1 unspecified atom stereocenters. The third kappa shape index (κ3) is 3.70. The molecule has 2 saturated heterocycles. The highest BCUT2D eigenvalue weighted by Gasteiger charge is 2.37. The van der Waals surface area contributed by atoms with Crippen LogP contribution >= 0.6 is 11.6 Å². The number of halogens is 1. The summed E-state index contributed by atoms with van der Waals surface area (Å²) in [5.41, 5.74) is 1.65. The SMILES string of the molecule is CC1CC(=O)N(c2ccc(N3CCN(c4cccc(Cl)c4)CC3)c([N+](=O)[O-])c2)C1=O. The van der Waals surface area contributed by atoms with E-state index in [9.17, 15) is 19.7 Å². The molecule has 0 aromatic heterocycles. The Balaban J connectivity index is 1.55. The van der Waals surface area contributed by atoms with Crippen LogP contribution in [-0.4, -0.2) is 42.9 Å². The van der Waals surface area contributed by atoms with Gasteiger partial charge < -0.3 is 9.80 Å². The average molecular weight is 429 g/mol. The van der Waals surface area contributed by atoms with Gasteiger partial charge in [-0.3, -0.25) is 24.6 Å². The summed E-state index contributed by atoms with van der Waals surface area (Å²) in [5, 5.41) is 12.4. The summed E-state index contributed by atoms with van der Waals surface area (Å²) < 4.78 is 0. The second-order valence-corrected chi connectivity index (χ2v) is 7.99. The Hall–Kier alpha value is -3.13. The van der Waals surface area contributed by atoms with Gasteiger partial charge in [-0.15, -0.1) is 0 Å². The highest BCUT2D eigenvalue weighted by Crippen LogP contribution is 2.36. The van der Waals surface area contributed by atoms with Crippen molar-refractivity contribution < 1.29 is 14.5 Å². The number of carbonyl (C=O) groups excluding carboxylic acids is 2. The molecule has 0 spiro atoms. The first kappa shape index (κ1) is 20.2. The molecular weight excluding hydrogens is 408 g/mol. The van der Waals surface area contributed by atoms with Crippen LogP contribution in [0.5, 0.6) is 0 Å². The zero-order chi connectivity index (χ0) is 21.4. The smallest absolute Gasteiger partial charge is 0.294 e. The molecule has 0 radical (unpaired) electrons. The van der Waals surface area contributed by atoms with E-state index >= 15 is 0 Å². The lowest BCUT2D eigenvalue weighted by Crippen LogP contribution is -2.46. The zero-order valence-electron chi connectivity index (χ0n) is 16.5. The monoisotopic (exact) mass is 428 g/mol. The average Bonchev–Trinajstić information content (AvgIpc) is 2.99. The molecule has 4 rings (SSSR count). The highest BCUT2D eigenvalue weighted by atomic mass is 35.5. The van der Waals surface area contributed by atoms with Crippen molar-refractivity contribution in [3.63, 3.8) is 0 Å². The Morgan fingerprint density at radius 1 is 1.00 bits per heavy atom. The van der Waals surface area contributed by atoms with Crippen LogP contribution in [0, 0.1) is 16.0 Å². The lowest BCUT2D eigenvalue weighted by molar-refractivity contribution is -0.384. The lowest BCUT2D eigenvalue weighted by Gasteiger charge is -2.37. The van der Waals surface area contributed by atoms with Gasteiger partial charge >= 0.3 is 0 Å². The molecule has 30 heavy (non-hydrogen) atoms. The van der Waals surface area contributed by atoms with Gasteiger partial charge in [0.15, 0.2) is 0 Å². The Kier molecular flexibility index (Phi) is 5.34. The number of anilines is 3. The molecule has 9 heteroatoms. The summed E-state index contributed by atoms with van der Waals surface area (Å²) in [5.74, 6) is -1.06. The van der Waals surface area contributed by atoms with Crippen molar-refractivity contribution >= 4 is 46.2 Å². The second-order valence-electron chi connectivity index (χ2n) is 7.56. The predicted octanol–water partition coefficient (Wildman–Crippen LogP) is 3.47. The van der Waals surface area contributed by atoms with Crippen molar-refractivity contribution in [2.45, 2.75) is 13.3 Å². The van der Waals surface area contributed by atoms with E-state index < -0.39 is 10.8 Å². The van der Waals surface area contributed by atoms with Gasteiger partial charge in [-0.2, -0.15) is 0 Å². The molecule has 1 atom stereocenters. The summed E-state index contributed by atoms with van der Waals surface area (Å²) in [6.07, 6.45) is 0.125. The van der Waals surface area contributed by atoms with Crippen molar-refractivity contribution in [3.8, 4) is 0 Å². The van der Waals surface area contributed by atoms with Gasteiger partial charge in [0.05, 0.1) is 10.6 Å². The first-order valence-corrected chi connectivity index (χ1v) is 10.1. The topological polar surface area (TPSA) is 87.0 Å². The number of amides is 2. The molecule has 156 valence electrons. The normalized spacial score (nSPS) is 19.5. The fourth-order valence-corrected chi connectivity index (χ4v) is 4.18. The molecule has 0 saturated carbocycles. The van der Waals surface area contributed by atoms with Gasteiger partial charge in [-0.05, 0) is 30.3 Å². The third-order valence-electron chi connectivity index (χ3n) is 5.58. The van der Waals surface area contributed by atoms with Gasteiger partial charge in [0.2, 0.25) is 11.8 Å². The first-order chi connectivity index (χ1) is 14.3. The summed E-state index contributed by atoms with van der Waals surface area (Å²) in [6.45, 7) is 4.28. The largest absolute Gasteiger partial charge is 0.368 e. The molecule has 2 aromatic carbocycles. The standard InChI is InChI=1S/C21H21ClN4O4/c1-14-11-20(27)25(21(14)28)17-5-6-18(19(13-17)26(29)30)24-9-7-23(8-10-24)16-4-2-3-15(22)12-16/h2-6,12-14H,7-11H2,1H3. The van der Waals surface area contributed by atoms with Crippen LogP contribution in [0.4, 0.5) is 22.7 Å². The van der Waals surface area contributed by atoms with Gasteiger partial charge in [0.25, 0.3) is 5.69 Å². The number of rotatable bonds is 4. The molecule has 0 N–H and O–H groups in total. The summed E-state index contributed by atoms with van der Waals surface area (Å²) >= 11 is 6.08. The second kappa shape index (κ2) is 7.95. The van der Waals surface area contributed by atoms with Crippen LogP contribution < -0.4 is 14.7 Å². The quantitative estimate of drug-likeness (QED) is 0.421. The molecule has 8 nitrogen and oxygen atoms in total. The number of piperazine rings is 1. The molecule has 2 aliphatic rings. The van der Waals surface area contributed by atoms with Crippen LogP contribution in [-0.2, 0) is 9.59 Å². The summed E-state index contributed by atoms with van der Waals surface area (Å²) in [6, 6.07) is 12.2. The highest BCUT2D eigenvalue weighted by molar-refractivity contribution is 6.30. The van der Waals surface area contributed by atoms with E-state index in [1.54, 1.807) is 19.1 Å². The van der Waals surface area contributed by atoms with E-state index in [0.717, 1.165) is 10.6 Å². The molecule has 2 aliphatic heterocycles. The molecule has 2 amide bonds. The fraction of sp³-hybridized carbons (Fsp3) is 0.333. The maximum absolute atomic E-state index is 12.3. The minimum Gasteiger partial charge on any atom is -0.368 e. The molecular formula is C21H21ClN4O4. The Morgan fingerprint density at radius 2 is 1.70 bits per heavy atom. The minimum absolute atomic E-state index is 0.108. The number of hydrogen-bond acceptors (Lipinski definition) is 6. The third-order valence-corrected chi connectivity index (χ3v) is 5.81. The van der Waals surface area contributed by atoms with E-state index in [-0.39, 0.29) is 29.6 Å². The van der Waals surface area contributed by atoms with Crippen molar-refractivity contribution in [2.75, 3.05) is 40.9 Å². The summed E-state index contributed by atoms with van der Waals surface area (Å²) in [7, 11) is 0. The molecule has 0 aliphatic carbocycles. The van der Waals surface area contributed by atoms with E-state index in [2.05, 4.69) is 4.90 Å². The maximum atomic E-state index is 12.3. The zero-order valence-corrected chi connectivity index (χ0v) is 17.2. The number of carbonyl (C=O) groups is 2. The van der Waals surface area contributed by atoms with Gasteiger partial charge in [0.1, 0.15) is 5.69 Å². The van der Waals surface area contributed by atoms with Crippen molar-refractivity contribution in [2.24, 2.45) is 5.92 Å². The maximum Gasteiger partial charge on any atom is 0.294 e. The molecule has 2 fully saturated rings. The Morgan fingerprint density at radius 3 is 2.30 bits per heavy atom. The summed E-state index contributed by atoms with van der Waals surface area (Å²) in [4.78, 5) is 40.9. The molecule has 2 heterocycles. The number of nitro benzene ring substituents is 1. The van der Waals surface area contributed by atoms with Crippen LogP contribution in [0.1, 0.15) is 13.3 Å². The van der Waals surface area contributed by atoms with E-state index in [4.69, 9.17) is 11.6 Å². The van der Waals surface area contributed by atoms with Crippen LogP contribution in [0.25, 0.3) is 0 Å². The molecule has 0 bridgehead atoms. The van der Waals surface area contributed by atoms with Crippen LogP contribution in [0.2, 0.25) is 5.02 Å². The van der Waals surface area contributed by atoms with Crippen LogP contribution in [0.15, 0.2) is 42.5 Å². The van der Waals surface area contributed by atoms with E-state index in [1.807, 2.05) is 29.2 Å². The van der Waals surface area contributed by atoms with Gasteiger partial charge in [-0.1, -0.05) is 24.6 Å². The minimum atomic E-state index is -0.462. The van der Waals surface area contributed by atoms with E-state index in [0.29, 0.717) is 36.9 Å². The van der Waals surface area contributed by atoms with Crippen LogP contribution in [0.3, 0.4) is 0 Å². The number of nitrogens with zero attached hydrogens (tertiary/aromatic N) is 4. The number of imide groups is 1. The van der Waals surface area contributed by atoms with E-state index in [1.165, 1.54) is 6.07 Å². The van der Waals surface area contributed by atoms with Crippen molar-refractivity contribution in [3.05, 3.63) is 57.6 Å². The number of nitro groups is 1. The van der Waals surface area contributed by atoms with Crippen molar-refractivity contribution in [1.82, 2.24) is 0 Å². The van der Waals surface area contributed by atoms with Crippen molar-refractivity contribution in [1.29, 1.82) is 0 Å². The Labute approximate surface area is 178 Å². The number of benzene rings is 2. The fourth-order valence-electron chi connectivity index (χ4n) is 4.00. The lowest BCUT2D eigenvalue weighted by atomic mass is 10.1.